The van der Waals surface area contributed by atoms with Crippen molar-refractivity contribution in [2.24, 2.45) is 17.2 Å². The van der Waals surface area contributed by atoms with Gasteiger partial charge < -0.3 is 17.2 Å². The van der Waals surface area contributed by atoms with Gasteiger partial charge >= 0.3 is 0 Å². The number of rotatable bonds is 6. The van der Waals surface area contributed by atoms with Crippen LogP contribution in [-0.2, 0) is 0 Å². The molecule has 0 rings (SSSR count). The average Bonchev–Trinajstić information content (AvgIpc) is 2.23. The molecule has 0 fully saturated rings. The Kier molecular flexibility index (Phi) is 39.5. The fraction of sp³-hybridized carbons (Fsp3) is 1.00. The first-order valence-corrected chi connectivity index (χ1v) is 6.35. The molecule has 0 aromatic carbocycles. The highest BCUT2D eigenvalue weighted by Crippen LogP contribution is 1.77. The molecule has 0 bridgehead atoms. The van der Waals surface area contributed by atoms with Gasteiger partial charge in [-0.1, -0.05) is 40.0 Å². The van der Waals surface area contributed by atoms with Crippen molar-refractivity contribution in [3.63, 3.8) is 0 Å². The van der Waals surface area contributed by atoms with Crippen LogP contribution in [-0.4, -0.2) is 19.6 Å². The van der Waals surface area contributed by atoms with Crippen molar-refractivity contribution >= 4 is 0 Å². The molecule has 15 heavy (non-hydrogen) atoms. The number of nitrogens with two attached hydrogens (primary N) is 3. The molecule has 0 saturated carbocycles. The summed E-state index contributed by atoms with van der Waals surface area (Å²) in [4.78, 5) is 0. The van der Waals surface area contributed by atoms with Crippen LogP contribution in [0.3, 0.4) is 0 Å². The topological polar surface area (TPSA) is 78.1 Å². The fourth-order valence-corrected chi connectivity index (χ4v) is 0.612. The van der Waals surface area contributed by atoms with Crippen LogP contribution in [0.1, 0.15) is 59.3 Å². The second-order valence-corrected chi connectivity index (χ2v) is 3.43. The predicted molar refractivity (Wildman–Crippen MR) is 71.9 cm³/mol. The number of hydrogen-bond donors (Lipinski definition) is 3. The molecule has 0 radical (unpaired) electrons. The zero-order valence-corrected chi connectivity index (χ0v) is 11.1. The molecule has 0 aromatic rings. The van der Waals surface area contributed by atoms with Gasteiger partial charge in [-0.25, -0.2) is 0 Å². The van der Waals surface area contributed by atoms with E-state index in [0.29, 0.717) is 0 Å². The van der Waals surface area contributed by atoms with Crippen LogP contribution in [0.25, 0.3) is 0 Å². The van der Waals surface area contributed by atoms with Crippen molar-refractivity contribution in [3.05, 3.63) is 0 Å². The van der Waals surface area contributed by atoms with E-state index in [4.69, 9.17) is 17.2 Å². The van der Waals surface area contributed by atoms with E-state index in [2.05, 4.69) is 20.8 Å². The van der Waals surface area contributed by atoms with Gasteiger partial charge in [0.15, 0.2) is 0 Å². The van der Waals surface area contributed by atoms with Gasteiger partial charge in [-0.2, -0.15) is 0 Å². The van der Waals surface area contributed by atoms with Crippen LogP contribution in [0.15, 0.2) is 0 Å². The molecule has 0 aromatic heterocycles. The smallest absolute Gasteiger partial charge is 0.00774 e. The Labute approximate surface area is 96.8 Å². The summed E-state index contributed by atoms with van der Waals surface area (Å²) in [5.74, 6) is 0. The van der Waals surface area contributed by atoms with E-state index in [9.17, 15) is 0 Å². The normalized spacial score (nSPS) is 8.40. The maximum Gasteiger partial charge on any atom is -0.00774 e. The lowest BCUT2D eigenvalue weighted by Gasteiger charge is -1.80. The Balaban J connectivity index is -0.000000144. The minimum absolute atomic E-state index is 0.844. The third-order valence-electron chi connectivity index (χ3n) is 1.67. The molecule has 3 nitrogen and oxygen atoms in total. The molecule has 0 heterocycles. The van der Waals surface area contributed by atoms with Crippen LogP contribution < -0.4 is 17.2 Å². The van der Waals surface area contributed by atoms with Crippen LogP contribution in [0.4, 0.5) is 0 Å². The van der Waals surface area contributed by atoms with Crippen molar-refractivity contribution < 1.29 is 0 Å². The summed E-state index contributed by atoms with van der Waals surface area (Å²) < 4.78 is 0. The zero-order chi connectivity index (χ0) is 12.4. The predicted octanol–water partition coefficient (Wildman–Crippen LogP) is 2.24. The van der Waals surface area contributed by atoms with E-state index < -0.39 is 0 Å². The molecule has 0 aliphatic rings. The maximum absolute atomic E-state index is 5.14. The van der Waals surface area contributed by atoms with Gasteiger partial charge in [-0.3, -0.25) is 0 Å². The quantitative estimate of drug-likeness (QED) is 0.641. The third-order valence-corrected chi connectivity index (χ3v) is 1.67. The fourth-order valence-electron chi connectivity index (χ4n) is 0.612. The van der Waals surface area contributed by atoms with Crippen LogP contribution >= 0.6 is 0 Å². The summed E-state index contributed by atoms with van der Waals surface area (Å²) in [6, 6.07) is 0. The highest BCUT2D eigenvalue weighted by atomic mass is 14.5. The summed E-state index contributed by atoms with van der Waals surface area (Å²) >= 11 is 0. The van der Waals surface area contributed by atoms with Gasteiger partial charge in [0, 0.05) is 0 Å². The molecule has 0 atom stereocenters. The molecule has 96 valence electrons. The first-order valence-electron chi connectivity index (χ1n) is 6.35. The number of hydrogen-bond acceptors (Lipinski definition) is 3. The summed E-state index contributed by atoms with van der Waals surface area (Å²) in [5, 5.41) is 0. The molecule has 3 heteroatoms. The van der Waals surface area contributed by atoms with Crippen LogP contribution in [0.2, 0.25) is 0 Å². The van der Waals surface area contributed by atoms with E-state index in [1.165, 1.54) is 38.5 Å². The summed E-state index contributed by atoms with van der Waals surface area (Å²) in [5.41, 5.74) is 15.4. The van der Waals surface area contributed by atoms with Gasteiger partial charge in [0.2, 0.25) is 0 Å². The molecular formula is C12H33N3. The molecule has 0 aliphatic carbocycles. The zero-order valence-electron chi connectivity index (χ0n) is 11.1. The minimum atomic E-state index is 0.844. The Morgan fingerprint density at radius 2 is 0.733 bits per heavy atom. The second-order valence-electron chi connectivity index (χ2n) is 3.43. The van der Waals surface area contributed by atoms with E-state index in [1.54, 1.807) is 0 Å². The Bertz CT molecular complexity index is 47.6. The summed E-state index contributed by atoms with van der Waals surface area (Å²) in [6.07, 6.45) is 7.16. The molecule has 0 aliphatic heterocycles. The van der Waals surface area contributed by atoms with E-state index in [0.717, 1.165) is 19.6 Å². The highest BCUT2D eigenvalue weighted by molar-refractivity contribution is 4.30. The lowest BCUT2D eigenvalue weighted by molar-refractivity contribution is 0.807. The van der Waals surface area contributed by atoms with Crippen molar-refractivity contribution in [2.45, 2.75) is 59.3 Å². The molecular weight excluding hydrogens is 186 g/mol. The average molecular weight is 219 g/mol. The van der Waals surface area contributed by atoms with Gasteiger partial charge in [0.25, 0.3) is 0 Å². The van der Waals surface area contributed by atoms with Crippen molar-refractivity contribution in [1.82, 2.24) is 0 Å². The SMILES string of the molecule is CCCCN.CCCCN.CCCCN. The Hall–Kier alpha value is -0.120. The molecule has 0 spiro atoms. The van der Waals surface area contributed by atoms with Gasteiger partial charge in [0.1, 0.15) is 0 Å². The lowest BCUT2D eigenvalue weighted by Crippen LogP contribution is -1.95. The second kappa shape index (κ2) is 29.2. The third kappa shape index (κ3) is 56.7. The standard InChI is InChI=1S/3C4H11N/c3*1-2-3-4-5/h3*2-5H2,1H3. The minimum Gasteiger partial charge on any atom is -0.330 e. The van der Waals surface area contributed by atoms with Gasteiger partial charge in [0.05, 0.1) is 0 Å². The van der Waals surface area contributed by atoms with Gasteiger partial charge in [-0.05, 0) is 38.9 Å². The largest absolute Gasteiger partial charge is 0.330 e. The maximum atomic E-state index is 5.14. The van der Waals surface area contributed by atoms with Crippen LogP contribution in [0, 0.1) is 0 Å². The van der Waals surface area contributed by atoms with Crippen LogP contribution in [0.5, 0.6) is 0 Å². The number of unbranched alkanes of at least 4 members (excludes halogenated alkanes) is 3. The van der Waals surface area contributed by atoms with E-state index >= 15 is 0 Å². The first-order chi connectivity index (χ1) is 7.24. The van der Waals surface area contributed by atoms with Crippen molar-refractivity contribution in [3.8, 4) is 0 Å². The first kappa shape index (κ1) is 20.3. The monoisotopic (exact) mass is 219 g/mol. The highest BCUT2D eigenvalue weighted by Gasteiger charge is 1.68. The summed E-state index contributed by atoms with van der Waals surface area (Å²) in [6.45, 7) is 8.93. The Morgan fingerprint density at radius 3 is 0.733 bits per heavy atom. The van der Waals surface area contributed by atoms with Crippen molar-refractivity contribution in [1.29, 1.82) is 0 Å². The lowest BCUT2D eigenvalue weighted by atomic mass is 10.3. The molecule has 0 unspecified atom stereocenters. The summed E-state index contributed by atoms with van der Waals surface area (Å²) in [7, 11) is 0. The van der Waals surface area contributed by atoms with Gasteiger partial charge in [-0.15, -0.1) is 0 Å². The Morgan fingerprint density at radius 1 is 0.533 bits per heavy atom. The molecule has 6 N–H and O–H groups in total. The molecule has 0 saturated heterocycles. The van der Waals surface area contributed by atoms with E-state index in [1.807, 2.05) is 0 Å². The van der Waals surface area contributed by atoms with Crippen molar-refractivity contribution in [2.75, 3.05) is 19.6 Å². The molecule has 0 amide bonds. The van der Waals surface area contributed by atoms with E-state index in [-0.39, 0.29) is 0 Å².